The number of carboxylic acid groups (broad SMARTS) is 1. The summed E-state index contributed by atoms with van der Waals surface area (Å²) >= 11 is 0. The van der Waals surface area contributed by atoms with E-state index in [1.54, 1.807) is 65.8 Å². The number of amides is 1. The summed E-state index contributed by atoms with van der Waals surface area (Å²) in [6.45, 7) is 18.3. The van der Waals surface area contributed by atoms with Crippen LogP contribution >= 0.6 is 0 Å². The predicted molar refractivity (Wildman–Crippen MR) is 212 cm³/mol. The molecule has 298 valence electrons. The van der Waals surface area contributed by atoms with Crippen LogP contribution in [-0.2, 0) is 19.1 Å². The molecule has 0 aliphatic carbocycles. The van der Waals surface area contributed by atoms with Crippen molar-refractivity contribution in [3.63, 3.8) is 0 Å². The van der Waals surface area contributed by atoms with E-state index in [0.29, 0.717) is 44.7 Å². The summed E-state index contributed by atoms with van der Waals surface area (Å²) in [5, 5.41) is 13.3. The van der Waals surface area contributed by atoms with E-state index < -0.39 is 28.7 Å². The number of nitrogens with two attached hydrogens (primary N) is 2. The van der Waals surface area contributed by atoms with Crippen molar-refractivity contribution in [2.45, 2.75) is 88.1 Å². The van der Waals surface area contributed by atoms with Gasteiger partial charge in [-0.15, -0.1) is 0 Å². The minimum Gasteiger partial charge on any atom is -0.492 e. The van der Waals surface area contributed by atoms with Crippen LogP contribution in [0.5, 0.6) is 11.5 Å². The number of carbonyl (C=O) groups is 4. The molecule has 2 aromatic carbocycles. The second-order valence-electron chi connectivity index (χ2n) is 14.4. The minimum absolute atomic E-state index is 0.0521. The Bertz CT molecular complexity index is 2040. The summed E-state index contributed by atoms with van der Waals surface area (Å²) in [6, 6.07) is 10.7. The number of hydrogen-bond acceptors (Lipinski definition) is 12. The van der Waals surface area contributed by atoms with Crippen LogP contribution in [0.4, 0.5) is 11.4 Å². The highest BCUT2D eigenvalue weighted by molar-refractivity contribution is 6.08. The quantitative estimate of drug-likeness (QED) is 0.0918. The largest absolute Gasteiger partial charge is 0.492 e. The van der Waals surface area contributed by atoms with E-state index in [1.165, 1.54) is 0 Å². The number of benzene rings is 2. The Morgan fingerprint density at radius 1 is 0.709 bits per heavy atom. The van der Waals surface area contributed by atoms with E-state index in [2.05, 4.69) is 15.3 Å². The first kappa shape index (κ1) is 43.7. The van der Waals surface area contributed by atoms with Gasteiger partial charge in [-0.05, 0) is 92.5 Å². The maximum absolute atomic E-state index is 12.7. The van der Waals surface area contributed by atoms with E-state index >= 15 is 0 Å². The van der Waals surface area contributed by atoms with Crippen LogP contribution in [0.2, 0.25) is 0 Å². The molecule has 2 aromatic heterocycles. The number of nitrogens with one attached hydrogen (secondary N) is 1. The Balaban J connectivity index is 0.000000300. The first-order valence-electron chi connectivity index (χ1n) is 18.4. The predicted octanol–water partition coefficient (Wildman–Crippen LogP) is 6.80. The maximum atomic E-state index is 12.7. The molecule has 14 nitrogen and oxygen atoms in total. The second kappa shape index (κ2) is 18.6. The van der Waals surface area contributed by atoms with Crippen LogP contribution in [0.25, 0.3) is 21.8 Å². The normalized spacial score (nSPS) is 11.5. The van der Waals surface area contributed by atoms with E-state index in [9.17, 15) is 24.3 Å². The first-order valence-corrected chi connectivity index (χ1v) is 18.4. The van der Waals surface area contributed by atoms with Gasteiger partial charge in [0.15, 0.2) is 0 Å². The fraction of sp³-hybridized carbons (Fsp3) is 0.463. The average molecular weight is 762 g/mol. The smallest absolute Gasteiger partial charge is 0.342 e. The van der Waals surface area contributed by atoms with Gasteiger partial charge in [-0.25, -0.2) is 9.59 Å². The Morgan fingerprint density at radius 2 is 1.11 bits per heavy atom. The summed E-state index contributed by atoms with van der Waals surface area (Å²) in [6.07, 6.45) is 1.75. The zero-order valence-corrected chi connectivity index (χ0v) is 33.5. The molecule has 55 heavy (non-hydrogen) atoms. The van der Waals surface area contributed by atoms with Crippen LogP contribution in [0, 0.1) is 24.7 Å². The molecule has 2 heterocycles. The van der Waals surface area contributed by atoms with Gasteiger partial charge in [0.2, 0.25) is 5.91 Å². The van der Waals surface area contributed by atoms with Crippen LogP contribution in [0.15, 0.2) is 36.4 Å². The van der Waals surface area contributed by atoms with Gasteiger partial charge in [0, 0.05) is 6.04 Å². The number of anilines is 2. The molecule has 6 N–H and O–H groups in total. The molecule has 0 fully saturated rings. The molecular weight excluding hydrogens is 706 g/mol. The molecule has 0 aliphatic heterocycles. The van der Waals surface area contributed by atoms with Gasteiger partial charge in [-0.1, -0.05) is 26.0 Å². The summed E-state index contributed by atoms with van der Waals surface area (Å²) in [4.78, 5) is 57.4. The third-order valence-electron chi connectivity index (χ3n) is 9.04. The summed E-state index contributed by atoms with van der Waals surface area (Å²) in [7, 11) is 0. The lowest BCUT2D eigenvalue weighted by Gasteiger charge is -2.27. The van der Waals surface area contributed by atoms with E-state index in [-0.39, 0.29) is 60.9 Å². The number of nitrogen functional groups attached to an aromatic ring is 2. The molecule has 0 unspecified atom stereocenters. The van der Waals surface area contributed by atoms with Crippen LogP contribution in [-0.4, -0.2) is 71.4 Å². The number of aromatic nitrogens is 2. The SMILES string of the molecule is CCOC(=O)c1c(C)nc2cccc(OCC(C)(C)C(=O)NC(CC)CC)c2c1N.CCOC(=O)c1c(C)nc2cccc(OCC(C)(C)C(=O)O)c2c1N. The number of carbonyl (C=O) groups excluding carboxylic acids is 3. The molecule has 0 saturated carbocycles. The first-order chi connectivity index (χ1) is 25.8. The maximum Gasteiger partial charge on any atom is 0.342 e. The number of esters is 2. The van der Waals surface area contributed by atoms with Gasteiger partial charge in [0.25, 0.3) is 0 Å². The van der Waals surface area contributed by atoms with Gasteiger partial charge < -0.3 is 40.8 Å². The van der Waals surface area contributed by atoms with Crippen molar-refractivity contribution < 1.29 is 43.2 Å². The van der Waals surface area contributed by atoms with Crippen LogP contribution in [0.3, 0.4) is 0 Å². The highest BCUT2D eigenvalue weighted by atomic mass is 16.5. The van der Waals surface area contributed by atoms with Gasteiger partial charge in [-0.2, -0.15) is 0 Å². The molecule has 0 bridgehead atoms. The number of pyridine rings is 2. The number of ether oxygens (including phenoxy) is 4. The third-order valence-corrected chi connectivity index (χ3v) is 9.04. The Labute approximate surface area is 322 Å². The Hall–Kier alpha value is -5.66. The number of fused-ring (bicyclic) bond motifs is 2. The molecule has 0 saturated heterocycles. The number of carboxylic acids is 1. The molecular formula is C41H55N5O9. The standard InChI is InChI=1S/C23H33N3O4.C18H22N2O5/c1-7-15(8-2)26-22(28)23(5,6)13-30-17-12-10-11-16-19(17)20(24)18(14(4)25-16)21(27)29-9-3;1-5-24-16(21)13-10(2)20-11-7-6-8-12(14(11)15(13)19)25-9-18(3,4)17(22)23/h10-12,15H,7-9,13H2,1-6H3,(H2,24,25)(H,26,28);6-8H,5,9H2,1-4H3,(H2,19,20)(H,22,23). The zero-order valence-electron chi connectivity index (χ0n) is 33.5. The molecule has 4 rings (SSSR count). The molecule has 1 amide bonds. The van der Waals surface area contributed by atoms with E-state index in [1.807, 2.05) is 39.8 Å². The van der Waals surface area contributed by atoms with Crippen molar-refractivity contribution in [2.24, 2.45) is 10.8 Å². The van der Waals surface area contributed by atoms with Crippen molar-refractivity contribution in [1.82, 2.24) is 15.3 Å². The molecule has 4 aromatic rings. The third kappa shape index (κ3) is 10.3. The molecule has 0 radical (unpaired) electrons. The second-order valence-corrected chi connectivity index (χ2v) is 14.4. The van der Waals surface area contributed by atoms with E-state index in [0.717, 1.165) is 12.8 Å². The fourth-order valence-electron chi connectivity index (χ4n) is 5.56. The summed E-state index contributed by atoms with van der Waals surface area (Å²) in [5.41, 5.74) is 13.8. The Morgan fingerprint density at radius 3 is 1.47 bits per heavy atom. The van der Waals surface area contributed by atoms with Crippen molar-refractivity contribution in [2.75, 3.05) is 37.9 Å². The van der Waals surface area contributed by atoms with Gasteiger partial charge >= 0.3 is 17.9 Å². The zero-order chi connectivity index (χ0) is 41.2. The minimum atomic E-state index is -1.07. The Kier molecular flexibility index (Phi) is 14.8. The van der Waals surface area contributed by atoms with Crippen LogP contribution in [0.1, 0.15) is 100 Å². The van der Waals surface area contributed by atoms with Crippen molar-refractivity contribution in [1.29, 1.82) is 0 Å². The number of aryl methyl sites for hydroxylation is 2. The van der Waals surface area contributed by atoms with Gasteiger partial charge in [-0.3, -0.25) is 19.6 Å². The summed E-state index contributed by atoms with van der Waals surface area (Å²) in [5.74, 6) is -1.24. The molecule has 14 heteroatoms. The monoisotopic (exact) mass is 761 g/mol. The molecule has 0 spiro atoms. The average Bonchev–Trinajstić information content (AvgIpc) is 3.12. The lowest BCUT2D eigenvalue weighted by atomic mass is 9.92. The van der Waals surface area contributed by atoms with Crippen molar-refractivity contribution >= 4 is 57.0 Å². The number of hydrogen-bond donors (Lipinski definition) is 4. The lowest BCUT2D eigenvalue weighted by molar-refractivity contribution is -0.148. The molecule has 0 atom stereocenters. The van der Waals surface area contributed by atoms with E-state index in [4.69, 9.17) is 30.4 Å². The highest BCUT2D eigenvalue weighted by Crippen LogP contribution is 2.36. The van der Waals surface area contributed by atoms with Crippen molar-refractivity contribution in [3.8, 4) is 11.5 Å². The fourth-order valence-corrected chi connectivity index (χ4v) is 5.56. The van der Waals surface area contributed by atoms with Gasteiger partial charge in [0.1, 0.15) is 35.8 Å². The summed E-state index contributed by atoms with van der Waals surface area (Å²) < 4.78 is 21.9. The number of rotatable bonds is 15. The highest BCUT2D eigenvalue weighted by Gasteiger charge is 2.31. The number of aliphatic carboxylic acids is 1. The van der Waals surface area contributed by atoms with Crippen molar-refractivity contribution in [3.05, 3.63) is 58.9 Å². The van der Waals surface area contributed by atoms with Gasteiger partial charge in [0.05, 0.1) is 68.6 Å². The molecule has 0 aliphatic rings. The lowest BCUT2D eigenvalue weighted by Crippen LogP contribution is -2.45. The van der Waals surface area contributed by atoms with Crippen LogP contribution < -0.4 is 26.3 Å². The number of nitrogens with zero attached hydrogens (tertiary/aromatic N) is 2. The topological polar surface area (TPSA) is 215 Å².